The van der Waals surface area contributed by atoms with Crippen LogP contribution in [-0.2, 0) is 23.9 Å². The Labute approximate surface area is 322 Å². The molecule has 15 heteroatoms. The number of fused-ring (bicyclic) bond motifs is 9. The van der Waals surface area contributed by atoms with E-state index in [4.69, 9.17) is 25.8 Å². The maximum absolute atomic E-state index is 14.2. The minimum Gasteiger partial charge on any atom is -0.483 e. The van der Waals surface area contributed by atoms with Crippen molar-refractivity contribution < 1.29 is 38.2 Å². The van der Waals surface area contributed by atoms with Crippen molar-refractivity contribution in [2.75, 3.05) is 30.0 Å². The van der Waals surface area contributed by atoms with E-state index < -0.39 is 35.6 Å². The molecule has 1 aromatic heterocycles. The summed E-state index contributed by atoms with van der Waals surface area (Å²) in [5.41, 5.74) is 2.25. The van der Waals surface area contributed by atoms with Gasteiger partial charge in [0, 0.05) is 32.3 Å². The molecule has 2 aliphatic heterocycles. The van der Waals surface area contributed by atoms with Crippen LogP contribution < -0.4 is 19.8 Å². The van der Waals surface area contributed by atoms with Gasteiger partial charge in [-0.05, 0) is 105 Å². The average Bonchev–Trinajstić information content (AvgIpc) is 3.90. The van der Waals surface area contributed by atoms with Crippen molar-refractivity contribution in [1.29, 1.82) is 0 Å². The number of anilines is 2. The highest BCUT2D eigenvalue weighted by Crippen LogP contribution is 2.69. The van der Waals surface area contributed by atoms with Gasteiger partial charge >= 0.3 is 16.8 Å². The Morgan fingerprint density at radius 1 is 0.870 bits per heavy atom. The van der Waals surface area contributed by atoms with E-state index in [1.807, 2.05) is 0 Å². The molecular weight excluding hydrogens is 754 g/mol. The molecule has 0 unspecified atom stereocenters. The lowest BCUT2D eigenvalue weighted by Gasteiger charge is -2.43. The minimum atomic E-state index is -0.557. The zero-order valence-corrected chi connectivity index (χ0v) is 31.4. The highest BCUT2D eigenvalue weighted by Gasteiger charge is 2.70. The zero-order chi connectivity index (χ0) is 37.8. The monoisotopic (exact) mass is 787 g/mol. The first kappa shape index (κ1) is 36.1. The Hall–Kier alpha value is -4.92. The lowest BCUT2D eigenvalue weighted by Crippen LogP contribution is -2.42. The van der Waals surface area contributed by atoms with Crippen molar-refractivity contribution in [3.8, 4) is 5.75 Å². The van der Waals surface area contributed by atoms with Crippen molar-refractivity contribution in [2.24, 2.45) is 29.6 Å². The molecule has 2 aliphatic carbocycles. The van der Waals surface area contributed by atoms with Crippen molar-refractivity contribution >= 4 is 75.7 Å². The maximum Gasteiger partial charge on any atom is 0.338 e. The predicted octanol–water partition coefficient (Wildman–Crippen LogP) is 6.14. The number of rotatable bonds is 10. The van der Waals surface area contributed by atoms with Crippen molar-refractivity contribution in [3.05, 3.63) is 103 Å². The van der Waals surface area contributed by atoms with Crippen molar-refractivity contribution in [1.82, 2.24) is 4.98 Å². The predicted molar refractivity (Wildman–Crippen MR) is 201 cm³/mol. The maximum atomic E-state index is 14.2. The summed E-state index contributed by atoms with van der Waals surface area (Å²) < 4.78 is 16.3. The molecule has 4 aliphatic rings. The first-order chi connectivity index (χ1) is 26.1. The molecule has 278 valence electrons. The molecule has 3 heterocycles. The van der Waals surface area contributed by atoms with Crippen molar-refractivity contribution in [2.45, 2.75) is 36.5 Å². The number of ether oxygens (including phenoxy) is 3. The number of halogens is 1. The third-order valence-electron chi connectivity index (χ3n) is 10.7. The topological polar surface area (TPSA) is 161 Å². The number of imide groups is 1. The number of benzene rings is 3. The Morgan fingerprint density at radius 2 is 1.50 bits per heavy atom. The van der Waals surface area contributed by atoms with E-state index in [0.29, 0.717) is 45.3 Å². The number of thiazole rings is 1. The summed E-state index contributed by atoms with van der Waals surface area (Å²) in [5.74, 6) is -3.42. The fraction of sp³-hybridized carbons (Fsp3) is 0.333. The van der Waals surface area contributed by atoms with Gasteiger partial charge in [-0.25, -0.2) is 9.59 Å². The SMILES string of the molecule is CCOC(=O)c1ccc(NC(=O)COc2ccc(Cl)cc2[C@@H]2c3sc(=O)[nH]c3S[C@@H]3[C@@H]4C[C@@H]([C@@H]5C(=O)N(c6ccc(C(=O)OCC)cc6)C(=O)[C@@H]45)[C@H]23)cc1. The number of aromatic nitrogens is 1. The Kier molecular flexibility index (Phi) is 9.61. The summed E-state index contributed by atoms with van der Waals surface area (Å²) in [5, 5.41) is 3.85. The van der Waals surface area contributed by atoms with Gasteiger partial charge in [-0.1, -0.05) is 22.9 Å². The van der Waals surface area contributed by atoms with E-state index in [9.17, 15) is 28.8 Å². The number of carbonyl (C=O) groups is 5. The molecule has 0 radical (unpaired) electrons. The van der Waals surface area contributed by atoms with Gasteiger partial charge in [0.05, 0.1) is 46.9 Å². The van der Waals surface area contributed by atoms with E-state index in [-0.39, 0.29) is 59.5 Å². The number of aromatic amines is 1. The second-order valence-electron chi connectivity index (χ2n) is 13.6. The molecule has 2 saturated carbocycles. The first-order valence-electron chi connectivity index (χ1n) is 17.6. The normalized spacial score (nSPS) is 24.8. The van der Waals surface area contributed by atoms with Crippen LogP contribution in [-0.4, -0.2) is 59.7 Å². The largest absolute Gasteiger partial charge is 0.483 e. The number of nitrogens with one attached hydrogen (secondary N) is 2. The standard InChI is InChI=1S/C39H34ClN3O9S2/c1-3-50-37(47)18-5-10-21(11-6-18)41-27(44)17-52-26-14-9-20(40)15-23(26)28-29-24-16-25(32(29)53-34-33(28)54-39(49)42-34)31-30(24)35(45)43(36(31)46)22-12-7-19(8-13-22)38(48)51-4-2/h5-15,24-25,28-32H,3-4,16-17H2,1-2H3,(H,41,44)(H,42,49)/t24-,25-,28+,29-,30+,31+,32-/m1/s1. The summed E-state index contributed by atoms with van der Waals surface area (Å²) in [7, 11) is 0. The molecular formula is C39H34ClN3O9S2. The third kappa shape index (κ3) is 6.19. The number of nitrogens with zero attached hydrogens (tertiary/aromatic N) is 1. The molecule has 0 spiro atoms. The van der Waals surface area contributed by atoms with Crippen LogP contribution in [0.25, 0.3) is 0 Å². The Morgan fingerprint density at radius 3 is 2.15 bits per heavy atom. The fourth-order valence-electron chi connectivity index (χ4n) is 8.72. The van der Waals surface area contributed by atoms with Crippen LogP contribution in [0.1, 0.15) is 57.3 Å². The van der Waals surface area contributed by atoms with Gasteiger partial charge in [-0.3, -0.25) is 24.1 Å². The van der Waals surface area contributed by atoms with Gasteiger partial charge in [0.1, 0.15) is 5.75 Å². The summed E-state index contributed by atoms with van der Waals surface area (Å²) in [4.78, 5) is 83.3. The van der Waals surface area contributed by atoms with Crippen LogP contribution in [0.15, 0.2) is 76.6 Å². The van der Waals surface area contributed by atoms with Crippen LogP contribution in [0.3, 0.4) is 0 Å². The van der Waals surface area contributed by atoms with Crippen LogP contribution in [0.2, 0.25) is 5.02 Å². The lowest BCUT2D eigenvalue weighted by atomic mass is 9.68. The molecule has 1 saturated heterocycles. The highest BCUT2D eigenvalue weighted by atomic mass is 35.5. The molecule has 54 heavy (non-hydrogen) atoms. The van der Waals surface area contributed by atoms with Gasteiger partial charge in [0.15, 0.2) is 6.61 Å². The number of H-pyrrole nitrogens is 1. The molecule has 12 nitrogen and oxygen atoms in total. The molecule has 7 atom stereocenters. The first-order valence-corrected chi connectivity index (χ1v) is 19.7. The minimum absolute atomic E-state index is 0.0883. The molecule has 3 amide bonds. The molecule has 3 aromatic carbocycles. The van der Waals surface area contributed by atoms with Gasteiger partial charge in [-0.15, -0.1) is 11.8 Å². The number of amides is 3. The van der Waals surface area contributed by atoms with Gasteiger partial charge in [-0.2, -0.15) is 0 Å². The lowest BCUT2D eigenvalue weighted by molar-refractivity contribution is -0.123. The number of hydrogen-bond donors (Lipinski definition) is 2. The summed E-state index contributed by atoms with van der Waals surface area (Å²) >= 11 is 9.27. The summed E-state index contributed by atoms with van der Waals surface area (Å²) in [6.45, 7) is 3.58. The van der Waals surface area contributed by atoms with E-state index in [0.717, 1.165) is 21.2 Å². The van der Waals surface area contributed by atoms with Gasteiger partial charge in [0.25, 0.3) is 5.91 Å². The molecule has 4 aromatic rings. The quantitative estimate of drug-likeness (QED) is 0.141. The van der Waals surface area contributed by atoms with E-state index >= 15 is 0 Å². The van der Waals surface area contributed by atoms with E-state index in [2.05, 4.69) is 10.3 Å². The Bertz CT molecular complexity index is 2240. The van der Waals surface area contributed by atoms with Crippen LogP contribution >= 0.6 is 34.7 Å². The zero-order valence-electron chi connectivity index (χ0n) is 29.0. The average molecular weight is 788 g/mol. The van der Waals surface area contributed by atoms with Gasteiger partial charge < -0.3 is 24.5 Å². The second kappa shape index (κ2) is 14.4. The van der Waals surface area contributed by atoms with Crippen molar-refractivity contribution in [3.63, 3.8) is 0 Å². The third-order valence-corrected chi connectivity index (χ3v) is 13.5. The second-order valence-corrected chi connectivity index (χ2v) is 16.2. The van der Waals surface area contributed by atoms with Gasteiger partial charge in [0.2, 0.25) is 11.8 Å². The van der Waals surface area contributed by atoms with E-state index in [1.165, 1.54) is 4.90 Å². The molecule has 8 rings (SSSR count). The smallest absolute Gasteiger partial charge is 0.338 e. The highest BCUT2D eigenvalue weighted by molar-refractivity contribution is 8.00. The fourth-order valence-corrected chi connectivity index (χ4v) is 11.8. The summed E-state index contributed by atoms with van der Waals surface area (Å²) in [6, 6.07) is 17.8. The Balaban J connectivity index is 1.07. The van der Waals surface area contributed by atoms with Crippen LogP contribution in [0.4, 0.5) is 11.4 Å². The number of esters is 2. The number of thioether (sulfide) groups is 1. The molecule has 2 bridgehead atoms. The number of carbonyl (C=O) groups excluding carboxylic acids is 5. The van der Waals surface area contributed by atoms with Crippen LogP contribution in [0.5, 0.6) is 5.75 Å². The molecule has 2 N–H and O–H groups in total. The van der Waals surface area contributed by atoms with Crippen LogP contribution in [0, 0.1) is 29.6 Å². The van der Waals surface area contributed by atoms with E-state index in [1.54, 1.807) is 92.3 Å². The molecule has 3 fully saturated rings. The summed E-state index contributed by atoms with van der Waals surface area (Å²) in [6.07, 6.45) is 0.675. The number of hydrogen-bond acceptors (Lipinski definition) is 11.